The summed E-state index contributed by atoms with van der Waals surface area (Å²) in [6, 6.07) is 6.23. The van der Waals surface area contributed by atoms with E-state index >= 15 is 0 Å². The summed E-state index contributed by atoms with van der Waals surface area (Å²) in [5, 5.41) is 0. The van der Waals surface area contributed by atoms with Crippen LogP contribution in [0.15, 0.2) is 18.2 Å². The van der Waals surface area contributed by atoms with Gasteiger partial charge in [-0.1, -0.05) is 24.6 Å². The van der Waals surface area contributed by atoms with Crippen LogP contribution in [0.25, 0.3) is 0 Å². The summed E-state index contributed by atoms with van der Waals surface area (Å²) in [6.45, 7) is 6.13. The Labute approximate surface area is 139 Å². The fourth-order valence-electron chi connectivity index (χ4n) is 3.79. The second kappa shape index (κ2) is 6.91. The Morgan fingerprint density at radius 2 is 2.04 bits per heavy atom. The van der Waals surface area contributed by atoms with Crippen LogP contribution < -0.4 is 0 Å². The number of nitrogens with zero attached hydrogens (tertiary/aromatic N) is 1. The monoisotopic (exact) mass is 337 g/mol. The fraction of sp³-hybridized carbons (Fsp3) is 0.667. The number of piperidine rings is 1. The molecule has 0 saturated carbocycles. The van der Waals surface area contributed by atoms with E-state index in [9.17, 15) is 8.42 Å². The van der Waals surface area contributed by atoms with Gasteiger partial charge in [0.25, 0.3) is 0 Å². The lowest BCUT2D eigenvalue weighted by molar-refractivity contribution is 0.188. The van der Waals surface area contributed by atoms with Gasteiger partial charge in [0.2, 0.25) is 10.0 Å². The predicted molar refractivity (Wildman–Crippen MR) is 91.9 cm³/mol. The SMILES string of the molecule is Cc1cccc([C@H]2CCCCN2S(=O)(=O)C[C@H]2CCOC2)c1C. The maximum absolute atomic E-state index is 13.0. The normalized spacial score (nSPS) is 26.5. The van der Waals surface area contributed by atoms with Crippen LogP contribution in [-0.4, -0.2) is 38.2 Å². The van der Waals surface area contributed by atoms with Crippen molar-refractivity contribution < 1.29 is 13.2 Å². The molecule has 128 valence electrons. The van der Waals surface area contributed by atoms with E-state index in [1.165, 1.54) is 16.7 Å². The van der Waals surface area contributed by atoms with Crippen LogP contribution in [0.2, 0.25) is 0 Å². The molecule has 0 amide bonds. The quantitative estimate of drug-likeness (QED) is 0.847. The van der Waals surface area contributed by atoms with Gasteiger partial charge in [0.05, 0.1) is 12.4 Å². The van der Waals surface area contributed by atoms with Crippen molar-refractivity contribution in [3.63, 3.8) is 0 Å². The molecule has 2 aliphatic heterocycles. The van der Waals surface area contributed by atoms with Gasteiger partial charge in [0, 0.05) is 19.2 Å². The first-order valence-electron chi connectivity index (χ1n) is 8.62. The Kier molecular flexibility index (Phi) is 5.09. The molecule has 0 aromatic heterocycles. The molecule has 5 heteroatoms. The Morgan fingerprint density at radius 1 is 1.22 bits per heavy atom. The molecule has 4 nitrogen and oxygen atoms in total. The third-order valence-corrected chi connectivity index (χ3v) is 7.33. The first kappa shape index (κ1) is 16.9. The number of ether oxygens (including phenoxy) is 1. The Bertz CT molecular complexity index is 650. The molecule has 23 heavy (non-hydrogen) atoms. The van der Waals surface area contributed by atoms with Gasteiger partial charge in [0.15, 0.2) is 0 Å². The Hall–Kier alpha value is -0.910. The van der Waals surface area contributed by atoms with Crippen LogP contribution in [0.3, 0.4) is 0 Å². The lowest BCUT2D eigenvalue weighted by Gasteiger charge is -2.36. The van der Waals surface area contributed by atoms with Gasteiger partial charge in [-0.2, -0.15) is 4.31 Å². The molecule has 2 saturated heterocycles. The molecule has 1 aromatic rings. The Morgan fingerprint density at radius 3 is 2.78 bits per heavy atom. The molecule has 2 aliphatic rings. The summed E-state index contributed by atoms with van der Waals surface area (Å²) in [5.74, 6) is 0.384. The van der Waals surface area contributed by atoms with Gasteiger partial charge in [0.1, 0.15) is 0 Å². The molecule has 3 rings (SSSR count). The fourth-order valence-corrected chi connectivity index (χ4v) is 5.86. The largest absolute Gasteiger partial charge is 0.381 e. The average Bonchev–Trinajstić information content (AvgIpc) is 3.02. The van der Waals surface area contributed by atoms with Crippen LogP contribution in [0.5, 0.6) is 0 Å². The molecule has 0 bridgehead atoms. The molecule has 0 spiro atoms. The second-order valence-electron chi connectivity index (χ2n) is 6.92. The first-order chi connectivity index (χ1) is 11.0. The lowest BCUT2D eigenvalue weighted by atomic mass is 9.92. The molecule has 2 heterocycles. The van der Waals surface area contributed by atoms with E-state index in [2.05, 4.69) is 26.0 Å². The summed E-state index contributed by atoms with van der Waals surface area (Å²) in [5.41, 5.74) is 3.63. The van der Waals surface area contributed by atoms with E-state index in [-0.39, 0.29) is 17.7 Å². The van der Waals surface area contributed by atoms with E-state index < -0.39 is 10.0 Å². The minimum absolute atomic E-state index is 0.00373. The minimum Gasteiger partial charge on any atom is -0.381 e. The summed E-state index contributed by atoms with van der Waals surface area (Å²) in [4.78, 5) is 0. The molecule has 0 radical (unpaired) electrons. The highest BCUT2D eigenvalue weighted by atomic mass is 32.2. The molecular formula is C18H27NO3S. The second-order valence-corrected chi connectivity index (χ2v) is 8.89. The molecule has 0 aliphatic carbocycles. The van der Waals surface area contributed by atoms with Crippen molar-refractivity contribution in [1.82, 2.24) is 4.31 Å². The van der Waals surface area contributed by atoms with Crippen LogP contribution in [-0.2, 0) is 14.8 Å². The maximum atomic E-state index is 13.0. The van der Waals surface area contributed by atoms with Crippen molar-refractivity contribution in [2.75, 3.05) is 25.5 Å². The molecule has 0 N–H and O–H groups in total. The summed E-state index contributed by atoms with van der Waals surface area (Å²) in [6.07, 6.45) is 3.84. The number of sulfonamides is 1. The highest BCUT2D eigenvalue weighted by Gasteiger charge is 2.36. The van der Waals surface area contributed by atoms with E-state index in [0.29, 0.717) is 19.8 Å². The number of hydrogen-bond donors (Lipinski definition) is 0. The number of benzene rings is 1. The highest BCUT2D eigenvalue weighted by Crippen LogP contribution is 2.36. The average molecular weight is 337 g/mol. The smallest absolute Gasteiger partial charge is 0.215 e. The molecule has 2 fully saturated rings. The first-order valence-corrected chi connectivity index (χ1v) is 10.2. The molecule has 0 unspecified atom stereocenters. The molecule has 2 atom stereocenters. The lowest BCUT2D eigenvalue weighted by Crippen LogP contribution is -2.41. The van der Waals surface area contributed by atoms with Crippen LogP contribution >= 0.6 is 0 Å². The van der Waals surface area contributed by atoms with E-state index in [1.54, 1.807) is 4.31 Å². The standard InChI is InChI=1S/C18H27NO3S/c1-14-6-5-7-17(15(14)2)18-8-3-4-10-19(18)23(20,21)13-16-9-11-22-12-16/h5-7,16,18H,3-4,8-13H2,1-2H3/t16-,18+/m0/s1. The van der Waals surface area contributed by atoms with Crippen molar-refractivity contribution in [2.24, 2.45) is 5.92 Å². The van der Waals surface area contributed by atoms with Crippen LogP contribution in [0.1, 0.15) is 48.4 Å². The predicted octanol–water partition coefficient (Wildman–Crippen LogP) is 3.20. The maximum Gasteiger partial charge on any atom is 0.215 e. The van der Waals surface area contributed by atoms with E-state index in [4.69, 9.17) is 4.74 Å². The summed E-state index contributed by atoms with van der Waals surface area (Å²) >= 11 is 0. The summed E-state index contributed by atoms with van der Waals surface area (Å²) < 4.78 is 33.1. The van der Waals surface area contributed by atoms with Crippen molar-refractivity contribution in [3.8, 4) is 0 Å². The molecule has 1 aromatic carbocycles. The van der Waals surface area contributed by atoms with Crippen molar-refractivity contribution in [3.05, 3.63) is 34.9 Å². The third-order valence-electron chi connectivity index (χ3n) is 5.29. The van der Waals surface area contributed by atoms with Crippen molar-refractivity contribution in [2.45, 2.75) is 45.6 Å². The third kappa shape index (κ3) is 3.62. The number of hydrogen-bond acceptors (Lipinski definition) is 3. The van der Waals surface area contributed by atoms with Gasteiger partial charge in [-0.15, -0.1) is 0 Å². The van der Waals surface area contributed by atoms with Gasteiger partial charge in [-0.3, -0.25) is 0 Å². The number of aryl methyl sites for hydroxylation is 1. The van der Waals surface area contributed by atoms with Gasteiger partial charge in [-0.25, -0.2) is 8.42 Å². The van der Waals surface area contributed by atoms with E-state index in [1.807, 2.05) is 6.07 Å². The van der Waals surface area contributed by atoms with E-state index in [0.717, 1.165) is 25.7 Å². The number of rotatable bonds is 4. The topological polar surface area (TPSA) is 46.6 Å². The highest BCUT2D eigenvalue weighted by molar-refractivity contribution is 7.89. The van der Waals surface area contributed by atoms with Crippen LogP contribution in [0.4, 0.5) is 0 Å². The van der Waals surface area contributed by atoms with Gasteiger partial charge in [-0.05, 0) is 55.7 Å². The zero-order chi connectivity index (χ0) is 16.4. The van der Waals surface area contributed by atoms with Gasteiger partial charge >= 0.3 is 0 Å². The van der Waals surface area contributed by atoms with Gasteiger partial charge < -0.3 is 4.74 Å². The Balaban J connectivity index is 1.87. The molecular weight excluding hydrogens is 310 g/mol. The zero-order valence-electron chi connectivity index (χ0n) is 14.1. The zero-order valence-corrected chi connectivity index (χ0v) is 14.9. The van der Waals surface area contributed by atoms with Crippen LogP contribution in [0, 0.1) is 19.8 Å². The minimum atomic E-state index is -3.24. The summed E-state index contributed by atoms with van der Waals surface area (Å²) in [7, 11) is -3.24. The van der Waals surface area contributed by atoms with Crippen molar-refractivity contribution in [1.29, 1.82) is 0 Å². The van der Waals surface area contributed by atoms with Crippen molar-refractivity contribution >= 4 is 10.0 Å².